The number of hydrogen-bond donors (Lipinski definition) is 0. The number of anilines is 1. The van der Waals surface area contributed by atoms with Gasteiger partial charge < -0.3 is 14.2 Å². The van der Waals surface area contributed by atoms with Crippen molar-refractivity contribution in [1.82, 2.24) is 14.9 Å². The summed E-state index contributed by atoms with van der Waals surface area (Å²) in [6, 6.07) is 13.2. The summed E-state index contributed by atoms with van der Waals surface area (Å²) in [5, 5.41) is 8.99. The Kier molecular flexibility index (Phi) is 4.01. The van der Waals surface area contributed by atoms with E-state index in [1.54, 1.807) is 29.2 Å². The molecule has 1 fully saturated rings. The number of hydrogen-bond acceptors (Lipinski definition) is 6. The lowest BCUT2D eigenvalue weighted by Gasteiger charge is -2.33. The van der Waals surface area contributed by atoms with E-state index >= 15 is 0 Å². The van der Waals surface area contributed by atoms with Crippen molar-refractivity contribution >= 4 is 23.2 Å². The number of rotatable bonds is 2. The van der Waals surface area contributed by atoms with Crippen LogP contribution in [0.2, 0.25) is 0 Å². The van der Waals surface area contributed by atoms with Gasteiger partial charge in [-0.25, -0.2) is 4.98 Å². The molecule has 1 amide bonds. The number of piperazine rings is 1. The van der Waals surface area contributed by atoms with E-state index in [2.05, 4.69) is 16.0 Å². The van der Waals surface area contributed by atoms with Gasteiger partial charge in [-0.1, -0.05) is 6.07 Å². The predicted molar refractivity (Wildman–Crippen MR) is 95.8 cm³/mol. The summed E-state index contributed by atoms with van der Waals surface area (Å²) in [4.78, 5) is 25.3. The van der Waals surface area contributed by atoms with Crippen LogP contribution in [0.3, 0.4) is 0 Å². The van der Waals surface area contributed by atoms with Crippen LogP contribution in [0.4, 0.5) is 6.01 Å². The fourth-order valence-electron chi connectivity index (χ4n) is 3.04. The third-order valence-electron chi connectivity index (χ3n) is 4.46. The van der Waals surface area contributed by atoms with Gasteiger partial charge >= 0.3 is 0 Å². The van der Waals surface area contributed by atoms with Crippen LogP contribution in [-0.2, 0) is 0 Å². The van der Waals surface area contributed by atoms with Gasteiger partial charge in [-0.3, -0.25) is 4.79 Å². The second kappa shape index (κ2) is 6.48. The second-order valence-electron chi connectivity index (χ2n) is 6.24. The van der Waals surface area contributed by atoms with Crippen molar-refractivity contribution in [2.45, 2.75) is 6.92 Å². The third-order valence-corrected chi connectivity index (χ3v) is 4.46. The monoisotopic (exact) mass is 347 g/mol. The molecule has 26 heavy (non-hydrogen) atoms. The first kappa shape index (κ1) is 16.1. The van der Waals surface area contributed by atoms with E-state index in [0.717, 1.165) is 5.69 Å². The van der Waals surface area contributed by atoms with Crippen molar-refractivity contribution in [1.29, 1.82) is 5.26 Å². The molecular formula is C19H17N5O2. The largest absolute Gasteiger partial charge is 0.422 e. The number of amides is 1. The fourth-order valence-corrected chi connectivity index (χ4v) is 3.04. The van der Waals surface area contributed by atoms with Crippen LogP contribution in [0, 0.1) is 18.3 Å². The Balaban J connectivity index is 1.46. The number of carbonyl (C=O) groups excluding carboxylic acids is 1. The molecule has 4 rings (SSSR count). The average molecular weight is 347 g/mol. The molecule has 1 aromatic carbocycles. The van der Waals surface area contributed by atoms with Crippen LogP contribution in [0.5, 0.6) is 0 Å². The highest BCUT2D eigenvalue weighted by molar-refractivity contribution is 5.94. The molecule has 7 nitrogen and oxygen atoms in total. The van der Waals surface area contributed by atoms with Gasteiger partial charge in [0.1, 0.15) is 0 Å². The van der Waals surface area contributed by atoms with Crippen LogP contribution in [0.15, 0.2) is 40.8 Å². The van der Waals surface area contributed by atoms with E-state index in [1.807, 2.05) is 24.0 Å². The van der Waals surface area contributed by atoms with Crippen molar-refractivity contribution in [3.05, 3.63) is 53.2 Å². The van der Waals surface area contributed by atoms with Crippen molar-refractivity contribution in [2.24, 2.45) is 0 Å². The maximum atomic E-state index is 12.6. The molecule has 0 atom stereocenters. The van der Waals surface area contributed by atoms with Gasteiger partial charge in [0, 0.05) is 37.4 Å². The minimum absolute atomic E-state index is 0.0587. The molecule has 130 valence electrons. The maximum absolute atomic E-state index is 12.6. The van der Waals surface area contributed by atoms with Gasteiger partial charge in [-0.2, -0.15) is 10.2 Å². The summed E-state index contributed by atoms with van der Waals surface area (Å²) < 4.78 is 5.79. The Hall–Kier alpha value is -3.40. The van der Waals surface area contributed by atoms with Gasteiger partial charge in [-0.05, 0) is 37.3 Å². The number of nitrogens with zero attached hydrogens (tertiary/aromatic N) is 5. The Morgan fingerprint density at radius 2 is 1.96 bits per heavy atom. The smallest absolute Gasteiger partial charge is 0.300 e. The van der Waals surface area contributed by atoms with E-state index in [4.69, 9.17) is 9.68 Å². The zero-order valence-corrected chi connectivity index (χ0v) is 14.3. The highest BCUT2D eigenvalue weighted by atomic mass is 16.4. The van der Waals surface area contributed by atoms with E-state index in [-0.39, 0.29) is 5.91 Å². The van der Waals surface area contributed by atoms with Gasteiger partial charge in [0.15, 0.2) is 5.58 Å². The summed E-state index contributed by atoms with van der Waals surface area (Å²) in [5.41, 5.74) is 3.19. The SMILES string of the molecule is Cc1ccc2oc(N3CCN(C(=O)c4cccc(C#N)c4)CC3)nc2n1. The fraction of sp³-hybridized carbons (Fsp3) is 0.263. The second-order valence-corrected chi connectivity index (χ2v) is 6.24. The first-order valence-electron chi connectivity index (χ1n) is 8.42. The quantitative estimate of drug-likeness (QED) is 0.707. The summed E-state index contributed by atoms with van der Waals surface area (Å²) in [7, 11) is 0. The van der Waals surface area contributed by atoms with E-state index in [9.17, 15) is 4.79 Å². The highest BCUT2D eigenvalue weighted by Gasteiger charge is 2.25. The Morgan fingerprint density at radius 3 is 2.73 bits per heavy atom. The zero-order chi connectivity index (χ0) is 18.1. The molecule has 0 bridgehead atoms. The molecule has 0 spiro atoms. The number of oxazole rings is 1. The number of fused-ring (bicyclic) bond motifs is 1. The molecule has 0 unspecified atom stereocenters. The van der Waals surface area contributed by atoms with Gasteiger partial charge in [-0.15, -0.1) is 0 Å². The first-order valence-corrected chi connectivity index (χ1v) is 8.42. The average Bonchev–Trinajstić information content (AvgIpc) is 3.10. The third kappa shape index (κ3) is 2.97. The lowest BCUT2D eigenvalue weighted by molar-refractivity contribution is 0.0745. The molecule has 3 heterocycles. The van der Waals surface area contributed by atoms with Crippen LogP contribution in [0.1, 0.15) is 21.6 Å². The number of pyridine rings is 1. The van der Waals surface area contributed by atoms with Crippen LogP contribution < -0.4 is 4.90 Å². The highest BCUT2D eigenvalue weighted by Crippen LogP contribution is 2.22. The van der Waals surface area contributed by atoms with E-state index < -0.39 is 0 Å². The number of aryl methyl sites for hydroxylation is 1. The molecule has 3 aromatic rings. The van der Waals surface area contributed by atoms with Crippen molar-refractivity contribution in [2.75, 3.05) is 31.1 Å². The molecular weight excluding hydrogens is 330 g/mol. The van der Waals surface area contributed by atoms with E-state index in [1.165, 1.54) is 0 Å². The van der Waals surface area contributed by atoms with Crippen LogP contribution >= 0.6 is 0 Å². The van der Waals surface area contributed by atoms with E-state index in [0.29, 0.717) is 54.6 Å². The molecule has 1 saturated heterocycles. The molecule has 0 radical (unpaired) electrons. The summed E-state index contributed by atoms with van der Waals surface area (Å²) in [6.07, 6.45) is 0. The molecule has 7 heteroatoms. The molecule has 0 N–H and O–H groups in total. The normalized spacial score (nSPS) is 14.5. The molecule has 0 saturated carbocycles. The van der Waals surface area contributed by atoms with Crippen molar-refractivity contribution < 1.29 is 9.21 Å². The topological polar surface area (TPSA) is 86.3 Å². The Labute approximate surface area is 150 Å². The minimum Gasteiger partial charge on any atom is -0.422 e. The number of carbonyl (C=O) groups is 1. The number of aromatic nitrogens is 2. The van der Waals surface area contributed by atoms with Gasteiger partial charge in [0.25, 0.3) is 11.9 Å². The summed E-state index contributed by atoms with van der Waals surface area (Å²) >= 11 is 0. The summed E-state index contributed by atoms with van der Waals surface area (Å²) in [6.45, 7) is 4.33. The zero-order valence-electron chi connectivity index (χ0n) is 14.3. The molecule has 1 aliphatic rings. The Morgan fingerprint density at radius 1 is 1.15 bits per heavy atom. The maximum Gasteiger partial charge on any atom is 0.300 e. The molecule has 1 aliphatic heterocycles. The molecule has 2 aromatic heterocycles. The van der Waals surface area contributed by atoms with Crippen LogP contribution in [0.25, 0.3) is 11.2 Å². The first-order chi connectivity index (χ1) is 12.6. The Bertz CT molecular complexity index is 1010. The lowest BCUT2D eigenvalue weighted by Crippen LogP contribution is -2.48. The van der Waals surface area contributed by atoms with Gasteiger partial charge in [0.05, 0.1) is 11.6 Å². The van der Waals surface area contributed by atoms with Crippen LogP contribution in [-0.4, -0.2) is 47.0 Å². The number of nitriles is 1. The van der Waals surface area contributed by atoms with Crippen molar-refractivity contribution in [3.63, 3.8) is 0 Å². The summed E-state index contributed by atoms with van der Waals surface area (Å²) in [5.74, 6) is -0.0587. The van der Waals surface area contributed by atoms with Crippen molar-refractivity contribution in [3.8, 4) is 6.07 Å². The standard InChI is InChI=1S/C19H17N5O2/c1-13-5-6-16-17(21-13)22-19(26-16)24-9-7-23(8-10-24)18(25)15-4-2-3-14(11-15)12-20/h2-6,11H,7-10H2,1H3. The van der Waals surface area contributed by atoms with Gasteiger partial charge in [0.2, 0.25) is 5.65 Å². The minimum atomic E-state index is -0.0587. The molecule has 0 aliphatic carbocycles. The lowest BCUT2D eigenvalue weighted by atomic mass is 10.1. The number of benzene rings is 1. The predicted octanol–water partition coefficient (Wildman–Crippen LogP) is 2.37.